The molecule has 1 amide bonds. The number of amides is 1. The van der Waals surface area contributed by atoms with Crippen molar-refractivity contribution in [2.45, 2.75) is 39.0 Å². The number of likely N-dealkylation sites (N-methyl/N-ethyl adjacent to an activating group) is 1. The summed E-state index contributed by atoms with van der Waals surface area (Å²) in [5.41, 5.74) is 1.77. The fourth-order valence-corrected chi connectivity index (χ4v) is 2.56. The number of aliphatic hydroxyl groups excluding tert-OH is 1. The molecule has 0 aliphatic carbocycles. The molecule has 0 aliphatic heterocycles. The Bertz CT molecular complexity index is 672. The minimum atomic E-state index is -0.745. The second-order valence-corrected chi connectivity index (χ2v) is 6.07. The summed E-state index contributed by atoms with van der Waals surface area (Å²) in [6.07, 6.45) is -1.37. The zero-order valence-electron chi connectivity index (χ0n) is 14.6. The lowest BCUT2D eigenvalue weighted by molar-refractivity contribution is -0.140. The Kier molecular flexibility index (Phi) is 5.99. The van der Waals surface area contributed by atoms with Crippen LogP contribution < -0.4 is 4.74 Å². The average Bonchev–Trinajstić information content (AvgIpc) is 2.61. The smallest absolute Gasteiger partial charge is 0.263 e. The van der Waals surface area contributed by atoms with Crippen molar-refractivity contribution < 1.29 is 14.6 Å². The molecule has 0 spiro atoms. The minimum absolute atomic E-state index is 0.166. The molecule has 128 valence electrons. The first-order chi connectivity index (χ1) is 11.4. The van der Waals surface area contributed by atoms with Gasteiger partial charge >= 0.3 is 0 Å². The molecule has 24 heavy (non-hydrogen) atoms. The van der Waals surface area contributed by atoms with Crippen molar-refractivity contribution in [1.82, 2.24) is 4.90 Å². The van der Waals surface area contributed by atoms with Gasteiger partial charge in [0, 0.05) is 7.05 Å². The van der Waals surface area contributed by atoms with Crippen LogP contribution in [0.4, 0.5) is 0 Å². The van der Waals surface area contributed by atoms with E-state index in [1.807, 2.05) is 68.4 Å². The summed E-state index contributed by atoms with van der Waals surface area (Å²) in [7, 11) is 1.69. The quantitative estimate of drug-likeness (QED) is 0.885. The number of benzene rings is 2. The normalized spacial score (nSPS) is 14.5. The average molecular weight is 327 g/mol. The number of hydrogen-bond acceptors (Lipinski definition) is 3. The highest BCUT2D eigenvalue weighted by atomic mass is 16.5. The third-order valence-corrected chi connectivity index (χ3v) is 4.30. The van der Waals surface area contributed by atoms with Crippen LogP contribution in [-0.4, -0.2) is 35.1 Å². The molecule has 3 unspecified atom stereocenters. The van der Waals surface area contributed by atoms with Crippen molar-refractivity contribution >= 4 is 5.91 Å². The van der Waals surface area contributed by atoms with Crippen molar-refractivity contribution in [3.8, 4) is 5.75 Å². The van der Waals surface area contributed by atoms with Crippen LogP contribution >= 0.6 is 0 Å². The topological polar surface area (TPSA) is 49.8 Å². The van der Waals surface area contributed by atoms with Gasteiger partial charge in [0.05, 0.1) is 12.1 Å². The third kappa shape index (κ3) is 4.15. The summed E-state index contributed by atoms with van der Waals surface area (Å²) in [5, 5.41) is 10.5. The summed E-state index contributed by atoms with van der Waals surface area (Å²) in [6.45, 7) is 5.50. The van der Waals surface area contributed by atoms with Gasteiger partial charge in [-0.3, -0.25) is 4.79 Å². The number of ether oxygens (including phenoxy) is 1. The van der Waals surface area contributed by atoms with Gasteiger partial charge in [0.2, 0.25) is 0 Å². The fourth-order valence-electron chi connectivity index (χ4n) is 2.56. The first kappa shape index (κ1) is 18.0. The zero-order chi connectivity index (χ0) is 17.7. The number of aryl methyl sites for hydroxylation is 1. The molecule has 0 heterocycles. The van der Waals surface area contributed by atoms with Crippen LogP contribution in [0.1, 0.15) is 31.1 Å². The lowest BCUT2D eigenvalue weighted by atomic mass is 10.0. The van der Waals surface area contributed by atoms with E-state index in [9.17, 15) is 9.90 Å². The standard InChI is InChI=1S/C20H25NO3/c1-14-10-8-9-13-18(14)24-16(3)20(23)21(4)15(2)19(22)17-11-6-5-7-12-17/h5-13,15-16,19,22H,1-4H3. The molecule has 3 atom stereocenters. The van der Waals surface area contributed by atoms with E-state index in [1.165, 1.54) is 0 Å². The number of aliphatic hydroxyl groups is 1. The van der Waals surface area contributed by atoms with E-state index in [0.29, 0.717) is 5.75 Å². The second-order valence-electron chi connectivity index (χ2n) is 6.07. The summed E-state index contributed by atoms with van der Waals surface area (Å²) >= 11 is 0. The summed E-state index contributed by atoms with van der Waals surface area (Å²) < 4.78 is 5.79. The Morgan fingerprint density at radius 1 is 1.04 bits per heavy atom. The van der Waals surface area contributed by atoms with Gasteiger partial charge in [-0.2, -0.15) is 0 Å². The number of rotatable bonds is 6. The molecular formula is C20H25NO3. The molecule has 0 aromatic heterocycles. The van der Waals surface area contributed by atoms with Crippen LogP contribution in [-0.2, 0) is 4.79 Å². The van der Waals surface area contributed by atoms with Crippen molar-refractivity contribution in [3.63, 3.8) is 0 Å². The zero-order valence-corrected chi connectivity index (χ0v) is 14.6. The van der Waals surface area contributed by atoms with E-state index in [1.54, 1.807) is 18.9 Å². The van der Waals surface area contributed by atoms with Crippen molar-refractivity contribution in [1.29, 1.82) is 0 Å². The molecule has 0 bridgehead atoms. The SMILES string of the molecule is Cc1ccccc1OC(C)C(=O)N(C)C(C)C(O)c1ccccc1. The molecule has 2 aromatic rings. The number of nitrogens with zero attached hydrogens (tertiary/aromatic N) is 1. The maximum absolute atomic E-state index is 12.6. The highest BCUT2D eigenvalue weighted by Gasteiger charge is 2.28. The van der Waals surface area contributed by atoms with Gasteiger partial charge in [0.1, 0.15) is 5.75 Å². The molecule has 1 N–H and O–H groups in total. The monoisotopic (exact) mass is 327 g/mol. The van der Waals surface area contributed by atoms with E-state index < -0.39 is 12.2 Å². The maximum atomic E-state index is 12.6. The van der Waals surface area contributed by atoms with Gasteiger partial charge < -0.3 is 14.7 Å². The van der Waals surface area contributed by atoms with Crippen LogP contribution in [0.2, 0.25) is 0 Å². The summed E-state index contributed by atoms with van der Waals surface area (Å²) in [4.78, 5) is 14.2. The van der Waals surface area contributed by atoms with Crippen molar-refractivity contribution in [3.05, 3.63) is 65.7 Å². The number of hydrogen-bond donors (Lipinski definition) is 1. The Balaban J connectivity index is 2.04. The molecule has 0 saturated heterocycles. The van der Waals surface area contributed by atoms with E-state index in [4.69, 9.17) is 4.74 Å². The molecule has 4 nitrogen and oxygen atoms in total. The molecular weight excluding hydrogens is 302 g/mol. The first-order valence-electron chi connectivity index (χ1n) is 8.13. The van der Waals surface area contributed by atoms with Gasteiger partial charge in [-0.15, -0.1) is 0 Å². The first-order valence-corrected chi connectivity index (χ1v) is 8.13. The predicted octanol–water partition coefficient (Wildman–Crippen LogP) is 3.34. The molecule has 0 saturated carbocycles. The van der Waals surface area contributed by atoms with Crippen molar-refractivity contribution in [2.75, 3.05) is 7.05 Å². The van der Waals surface area contributed by atoms with Crippen LogP contribution in [0.15, 0.2) is 54.6 Å². The van der Waals surface area contributed by atoms with Crippen molar-refractivity contribution in [2.24, 2.45) is 0 Å². The van der Waals surface area contributed by atoms with E-state index in [2.05, 4.69) is 0 Å². The highest BCUT2D eigenvalue weighted by molar-refractivity contribution is 5.81. The molecule has 0 fully saturated rings. The van der Waals surface area contributed by atoms with E-state index in [0.717, 1.165) is 11.1 Å². The predicted molar refractivity (Wildman–Crippen MR) is 94.9 cm³/mol. The Labute approximate surface area is 143 Å². The Morgan fingerprint density at radius 2 is 1.62 bits per heavy atom. The van der Waals surface area contributed by atoms with Gasteiger partial charge in [0.15, 0.2) is 6.10 Å². The van der Waals surface area contributed by atoms with Gasteiger partial charge in [-0.25, -0.2) is 0 Å². The Hall–Kier alpha value is -2.33. The van der Waals surface area contributed by atoms with Gasteiger partial charge in [-0.05, 0) is 38.0 Å². The molecule has 2 aromatic carbocycles. The number of carbonyl (C=O) groups is 1. The van der Waals surface area contributed by atoms with Crippen LogP contribution in [0.5, 0.6) is 5.75 Å². The second kappa shape index (κ2) is 7.97. The molecule has 2 rings (SSSR count). The lowest BCUT2D eigenvalue weighted by Gasteiger charge is -2.31. The number of para-hydroxylation sites is 1. The number of carbonyl (C=O) groups excluding carboxylic acids is 1. The van der Waals surface area contributed by atoms with Crippen LogP contribution in [0.25, 0.3) is 0 Å². The third-order valence-electron chi connectivity index (χ3n) is 4.30. The highest BCUT2D eigenvalue weighted by Crippen LogP contribution is 2.22. The molecule has 0 aliphatic rings. The van der Waals surface area contributed by atoms with Gasteiger partial charge in [-0.1, -0.05) is 48.5 Å². The van der Waals surface area contributed by atoms with Crippen LogP contribution in [0.3, 0.4) is 0 Å². The maximum Gasteiger partial charge on any atom is 0.263 e. The molecule has 4 heteroatoms. The van der Waals surface area contributed by atoms with E-state index >= 15 is 0 Å². The van der Waals surface area contributed by atoms with Crippen LogP contribution in [0, 0.1) is 6.92 Å². The fraction of sp³-hybridized carbons (Fsp3) is 0.350. The summed E-state index contributed by atoms with van der Waals surface area (Å²) in [5.74, 6) is 0.531. The minimum Gasteiger partial charge on any atom is -0.481 e. The Morgan fingerprint density at radius 3 is 2.25 bits per heavy atom. The summed E-state index contributed by atoms with van der Waals surface area (Å²) in [6, 6.07) is 16.6. The van der Waals surface area contributed by atoms with E-state index in [-0.39, 0.29) is 11.9 Å². The lowest BCUT2D eigenvalue weighted by Crippen LogP contribution is -2.45. The largest absolute Gasteiger partial charge is 0.481 e. The van der Waals surface area contributed by atoms with Gasteiger partial charge in [0.25, 0.3) is 5.91 Å². The molecule has 0 radical (unpaired) electrons.